The second-order valence-corrected chi connectivity index (χ2v) is 8.42. The number of nitrogens with one attached hydrogen (secondary N) is 1. The summed E-state index contributed by atoms with van der Waals surface area (Å²) in [6.45, 7) is 6.26. The molecule has 1 aromatic heterocycles. The van der Waals surface area contributed by atoms with Crippen molar-refractivity contribution in [1.29, 1.82) is 0 Å². The molecule has 0 atom stereocenters. The number of hydrogen-bond donors (Lipinski definition) is 1. The lowest BCUT2D eigenvalue weighted by Gasteiger charge is -2.18. The van der Waals surface area contributed by atoms with Gasteiger partial charge in [-0.1, -0.05) is 25.6 Å². The SMILES string of the molecule is CCN(CC)S(=O)(=O)c1ccc(NC(=O)CSc2nnc(C)n2C)cc1. The first kappa shape index (κ1) is 20.4. The van der Waals surface area contributed by atoms with E-state index in [4.69, 9.17) is 0 Å². The van der Waals surface area contributed by atoms with Crippen LogP contribution < -0.4 is 5.32 Å². The van der Waals surface area contributed by atoms with E-state index in [2.05, 4.69) is 15.5 Å². The maximum absolute atomic E-state index is 12.4. The molecule has 2 rings (SSSR count). The Morgan fingerprint density at radius 1 is 1.19 bits per heavy atom. The lowest BCUT2D eigenvalue weighted by molar-refractivity contribution is -0.113. The van der Waals surface area contributed by atoms with Crippen LogP contribution >= 0.6 is 11.8 Å². The van der Waals surface area contributed by atoms with E-state index in [1.54, 1.807) is 26.0 Å². The minimum Gasteiger partial charge on any atom is -0.325 e. The van der Waals surface area contributed by atoms with Crippen molar-refractivity contribution in [2.75, 3.05) is 24.2 Å². The molecule has 1 aromatic carbocycles. The quantitative estimate of drug-likeness (QED) is 0.683. The van der Waals surface area contributed by atoms with Crippen molar-refractivity contribution < 1.29 is 13.2 Å². The molecule has 0 spiro atoms. The highest BCUT2D eigenvalue weighted by molar-refractivity contribution is 7.99. The van der Waals surface area contributed by atoms with Crippen molar-refractivity contribution >= 4 is 33.4 Å². The summed E-state index contributed by atoms with van der Waals surface area (Å²) in [5, 5.41) is 11.3. The van der Waals surface area contributed by atoms with E-state index in [1.807, 2.05) is 18.5 Å². The van der Waals surface area contributed by atoms with Crippen molar-refractivity contribution in [2.24, 2.45) is 7.05 Å². The molecule has 0 bridgehead atoms. The molecule has 0 saturated carbocycles. The van der Waals surface area contributed by atoms with Crippen LogP contribution in [0.2, 0.25) is 0 Å². The molecule has 10 heteroatoms. The van der Waals surface area contributed by atoms with Gasteiger partial charge in [0.25, 0.3) is 0 Å². The van der Waals surface area contributed by atoms with Gasteiger partial charge in [-0.25, -0.2) is 8.42 Å². The molecule has 0 aliphatic carbocycles. The highest BCUT2D eigenvalue weighted by Crippen LogP contribution is 2.19. The average Bonchev–Trinajstić information content (AvgIpc) is 2.93. The minimum atomic E-state index is -3.50. The van der Waals surface area contributed by atoms with Gasteiger partial charge in [-0.15, -0.1) is 10.2 Å². The first-order valence-corrected chi connectivity index (χ1v) is 10.6. The summed E-state index contributed by atoms with van der Waals surface area (Å²) >= 11 is 1.29. The van der Waals surface area contributed by atoms with Gasteiger partial charge in [-0.05, 0) is 31.2 Å². The first-order chi connectivity index (χ1) is 12.3. The number of aromatic nitrogens is 3. The molecule has 0 aliphatic rings. The predicted molar refractivity (Wildman–Crippen MR) is 102 cm³/mol. The standard InChI is InChI=1S/C16H23N5O3S2/c1-5-21(6-2)26(23,24)14-9-7-13(8-10-14)17-15(22)11-25-16-19-18-12(3)20(16)4/h7-10H,5-6,11H2,1-4H3,(H,17,22). The molecule has 0 aliphatic heterocycles. The van der Waals surface area contributed by atoms with Gasteiger partial charge in [-0.2, -0.15) is 4.31 Å². The third-order valence-corrected chi connectivity index (χ3v) is 6.95. The second-order valence-electron chi connectivity index (χ2n) is 5.54. The summed E-state index contributed by atoms with van der Waals surface area (Å²) in [5.41, 5.74) is 0.545. The van der Waals surface area contributed by atoms with Gasteiger partial charge in [0.15, 0.2) is 5.16 Å². The molecule has 2 aromatic rings. The normalized spacial score (nSPS) is 11.7. The van der Waals surface area contributed by atoms with E-state index in [9.17, 15) is 13.2 Å². The largest absolute Gasteiger partial charge is 0.325 e. The van der Waals surface area contributed by atoms with Crippen LogP contribution in [0.1, 0.15) is 19.7 Å². The Bertz CT molecular complexity index is 859. The van der Waals surface area contributed by atoms with Crippen LogP contribution in [0.15, 0.2) is 34.3 Å². The number of carbonyl (C=O) groups excluding carboxylic acids is 1. The van der Waals surface area contributed by atoms with Crippen LogP contribution in [0.25, 0.3) is 0 Å². The van der Waals surface area contributed by atoms with Gasteiger partial charge in [-0.3, -0.25) is 4.79 Å². The summed E-state index contributed by atoms with van der Waals surface area (Å²) in [5.74, 6) is 0.763. The maximum atomic E-state index is 12.4. The molecule has 142 valence electrons. The van der Waals surface area contributed by atoms with Gasteiger partial charge >= 0.3 is 0 Å². The highest BCUT2D eigenvalue weighted by Gasteiger charge is 2.21. The van der Waals surface area contributed by atoms with Gasteiger partial charge in [0.1, 0.15) is 5.82 Å². The lowest BCUT2D eigenvalue weighted by atomic mass is 10.3. The summed E-state index contributed by atoms with van der Waals surface area (Å²) < 4.78 is 28.1. The van der Waals surface area contributed by atoms with Crippen molar-refractivity contribution in [3.05, 3.63) is 30.1 Å². The van der Waals surface area contributed by atoms with Gasteiger partial charge in [0.2, 0.25) is 15.9 Å². The molecule has 1 amide bonds. The fraction of sp³-hybridized carbons (Fsp3) is 0.438. The number of nitrogens with zero attached hydrogens (tertiary/aromatic N) is 4. The molecular formula is C16H23N5O3S2. The molecule has 0 unspecified atom stereocenters. The third-order valence-electron chi connectivity index (χ3n) is 3.87. The van der Waals surface area contributed by atoms with E-state index >= 15 is 0 Å². The van der Waals surface area contributed by atoms with Crippen molar-refractivity contribution in [3.8, 4) is 0 Å². The zero-order chi connectivity index (χ0) is 19.3. The molecule has 26 heavy (non-hydrogen) atoms. The number of carbonyl (C=O) groups is 1. The average molecular weight is 398 g/mol. The number of anilines is 1. The van der Waals surface area contributed by atoms with E-state index in [-0.39, 0.29) is 16.6 Å². The minimum absolute atomic E-state index is 0.186. The Hall–Kier alpha value is -1.91. The maximum Gasteiger partial charge on any atom is 0.243 e. The highest BCUT2D eigenvalue weighted by atomic mass is 32.2. The molecule has 8 nitrogen and oxygen atoms in total. The Morgan fingerprint density at radius 3 is 2.31 bits per heavy atom. The van der Waals surface area contributed by atoms with E-state index in [0.717, 1.165) is 5.82 Å². The fourth-order valence-corrected chi connectivity index (χ4v) is 4.48. The smallest absolute Gasteiger partial charge is 0.243 e. The Morgan fingerprint density at radius 2 is 1.81 bits per heavy atom. The summed E-state index contributed by atoms with van der Waals surface area (Å²) in [4.78, 5) is 12.3. The Kier molecular flexibility index (Phi) is 6.79. The number of rotatable bonds is 8. The van der Waals surface area contributed by atoms with E-state index < -0.39 is 10.0 Å². The van der Waals surface area contributed by atoms with Crippen LogP contribution in [0.4, 0.5) is 5.69 Å². The second kappa shape index (κ2) is 8.65. The van der Waals surface area contributed by atoms with Crippen LogP contribution in [-0.2, 0) is 21.9 Å². The van der Waals surface area contributed by atoms with E-state index in [1.165, 1.54) is 28.2 Å². The van der Waals surface area contributed by atoms with Gasteiger partial charge in [0.05, 0.1) is 10.6 Å². The van der Waals surface area contributed by atoms with Crippen molar-refractivity contribution in [3.63, 3.8) is 0 Å². The van der Waals surface area contributed by atoms with Crippen molar-refractivity contribution in [2.45, 2.75) is 30.8 Å². The van der Waals surface area contributed by atoms with Crippen LogP contribution in [0.3, 0.4) is 0 Å². The zero-order valence-electron chi connectivity index (χ0n) is 15.3. The lowest BCUT2D eigenvalue weighted by Crippen LogP contribution is -2.30. The third kappa shape index (κ3) is 4.63. The number of thioether (sulfide) groups is 1. The summed E-state index contributed by atoms with van der Waals surface area (Å²) in [6.07, 6.45) is 0. The van der Waals surface area contributed by atoms with Crippen LogP contribution in [0, 0.1) is 6.92 Å². The van der Waals surface area contributed by atoms with Crippen molar-refractivity contribution in [1.82, 2.24) is 19.1 Å². The summed E-state index contributed by atoms with van der Waals surface area (Å²) in [7, 11) is -1.66. The van der Waals surface area contributed by atoms with Gasteiger partial charge < -0.3 is 9.88 Å². The van der Waals surface area contributed by atoms with Gasteiger partial charge in [0, 0.05) is 25.8 Å². The first-order valence-electron chi connectivity index (χ1n) is 8.18. The topological polar surface area (TPSA) is 97.2 Å². The zero-order valence-corrected chi connectivity index (χ0v) is 16.9. The molecule has 1 N–H and O–H groups in total. The van der Waals surface area contributed by atoms with Crippen LogP contribution in [-0.4, -0.2) is 52.2 Å². The Balaban J connectivity index is 1.98. The number of hydrogen-bond acceptors (Lipinski definition) is 6. The number of aryl methyl sites for hydroxylation is 1. The van der Waals surface area contributed by atoms with Crippen LogP contribution in [0.5, 0.6) is 0 Å². The molecular weight excluding hydrogens is 374 g/mol. The molecule has 0 radical (unpaired) electrons. The molecule has 0 fully saturated rings. The monoisotopic (exact) mass is 397 g/mol. The summed E-state index contributed by atoms with van der Waals surface area (Å²) in [6, 6.07) is 6.18. The molecule has 0 saturated heterocycles. The molecule has 1 heterocycles. The predicted octanol–water partition coefficient (Wildman–Crippen LogP) is 1.88. The Labute approximate surface area is 158 Å². The van der Waals surface area contributed by atoms with E-state index in [0.29, 0.717) is 23.9 Å². The number of benzene rings is 1. The number of amides is 1. The number of sulfonamides is 1. The fourth-order valence-electron chi connectivity index (χ4n) is 2.26.